The van der Waals surface area contributed by atoms with Crippen LogP contribution in [0.2, 0.25) is 0 Å². The Labute approximate surface area is 88.2 Å². The predicted molar refractivity (Wildman–Crippen MR) is 61.2 cm³/mol. The molecule has 1 aliphatic carbocycles. The van der Waals surface area contributed by atoms with Crippen molar-refractivity contribution in [3.05, 3.63) is 12.2 Å². The van der Waals surface area contributed by atoms with Crippen molar-refractivity contribution in [3.8, 4) is 0 Å². The van der Waals surface area contributed by atoms with Gasteiger partial charge in [0.05, 0.1) is 5.60 Å². The second-order valence-electron chi connectivity index (χ2n) is 5.76. The van der Waals surface area contributed by atoms with Crippen molar-refractivity contribution in [3.63, 3.8) is 0 Å². The van der Waals surface area contributed by atoms with Crippen molar-refractivity contribution in [2.75, 3.05) is 0 Å². The van der Waals surface area contributed by atoms with E-state index in [1.54, 1.807) is 0 Å². The highest BCUT2D eigenvalue weighted by Gasteiger charge is 2.27. The minimum atomic E-state index is -0.389. The molecule has 1 heteroatoms. The van der Waals surface area contributed by atoms with Crippen LogP contribution in [0.25, 0.3) is 0 Å². The zero-order valence-corrected chi connectivity index (χ0v) is 9.84. The predicted octanol–water partition coefficient (Wildman–Crippen LogP) is 3.67. The average molecular weight is 196 g/mol. The van der Waals surface area contributed by atoms with Gasteiger partial charge in [-0.25, -0.2) is 0 Å². The molecule has 1 rings (SSSR count). The van der Waals surface area contributed by atoms with Gasteiger partial charge >= 0.3 is 0 Å². The van der Waals surface area contributed by atoms with E-state index in [9.17, 15) is 5.11 Å². The second-order valence-corrected chi connectivity index (χ2v) is 5.76. The van der Waals surface area contributed by atoms with Gasteiger partial charge in [0.15, 0.2) is 0 Å². The van der Waals surface area contributed by atoms with Gasteiger partial charge in [0.25, 0.3) is 0 Å². The van der Waals surface area contributed by atoms with Gasteiger partial charge < -0.3 is 5.11 Å². The summed E-state index contributed by atoms with van der Waals surface area (Å²) in [5.41, 5.74) is -0.148. The summed E-state index contributed by atoms with van der Waals surface area (Å²) in [5, 5.41) is 10.2. The summed E-state index contributed by atoms with van der Waals surface area (Å²) in [7, 11) is 0. The lowest BCUT2D eigenvalue weighted by Crippen LogP contribution is -2.30. The summed E-state index contributed by atoms with van der Waals surface area (Å²) in [6, 6.07) is 0. The molecule has 0 heterocycles. The highest BCUT2D eigenvalue weighted by Crippen LogP contribution is 2.31. The van der Waals surface area contributed by atoms with Crippen molar-refractivity contribution in [2.45, 2.75) is 64.9 Å². The lowest BCUT2D eigenvalue weighted by molar-refractivity contribution is 0.00681. The van der Waals surface area contributed by atoms with Crippen LogP contribution in [0.5, 0.6) is 0 Å². The normalized spacial score (nSPS) is 22.9. The van der Waals surface area contributed by atoms with E-state index in [0.717, 1.165) is 19.3 Å². The lowest BCUT2D eigenvalue weighted by atomic mass is 9.82. The molecular formula is C13H24O. The quantitative estimate of drug-likeness (QED) is 0.668. The topological polar surface area (TPSA) is 20.2 Å². The first kappa shape index (κ1) is 11.8. The highest BCUT2D eigenvalue weighted by molar-refractivity contribution is 4.97. The van der Waals surface area contributed by atoms with Crippen LogP contribution in [0.1, 0.15) is 59.3 Å². The Morgan fingerprint density at radius 1 is 1.14 bits per heavy atom. The molecule has 0 unspecified atom stereocenters. The van der Waals surface area contributed by atoms with Crippen molar-refractivity contribution >= 4 is 0 Å². The van der Waals surface area contributed by atoms with Crippen LogP contribution < -0.4 is 0 Å². The van der Waals surface area contributed by atoms with Crippen LogP contribution in [0.4, 0.5) is 0 Å². The Hall–Kier alpha value is -0.300. The first-order valence-electron chi connectivity index (χ1n) is 5.81. The molecule has 1 saturated carbocycles. The van der Waals surface area contributed by atoms with E-state index >= 15 is 0 Å². The van der Waals surface area contributed by atoms with E-state index in [-0.39, 0.29) is 11.0 Å². The van der Waals surface area contributed by atoms with Gasteiger partial charge in [-0.2, -0.15) is 0 Å². The number of aliphatic hydroxyl groups is 1. The molecular weight excluding hydrogens is 172 g/mol. The maximum Gasteiger partial charge on any atom is 0.0682 e. The molecule has 0 saturated heterocycles. The molecule has 1 nitrogen and oxygen atoms in total. The molecule has 0 aromatic rings. The van der Waals surface area contributed by atoms with E-state index < -0.39 is 0 Å². The zero-order valence-electron chi connectivity index (χ0n) is 9.84. The Morgan fingerprint density at radius 3 is 2.21 bits per heavy atom. The summed E-state index contributed by atoms with van der Waals surface area (Å²) < 4.78 is 0. The Morgan fingerprint density at radius 2 is 1.71 bits per heavy atom. The van der Waals surface area contributed by atoms with E-state index in [0.29, 0.717) is 0 Å². The number of hydrogen-bond acceptors (Lipinski definition) is 1. The van der Waals surface area contributed by atoms with Gasteiger partial charge in [0.1, 0.15) is 0 Å². The van der Waals surface area contributed by atoms with Crippen LogP contribution >= 0.6 is 0 Å². The van der Waals surface area contributed by atoms with Crippen molar-refractivity contribution in [1.82, 2.24) is 0 Å². The third kappa shape index (κ3) is 4.28. The van der Waals surface area contributed by atoms with E-state index in [2.05, 4.69) is 32.9 Å². The molecule has 1 fully saturated rings. The average Bonchev–Trinajstić information content (AvgIpc) is 2.02. The number of rotatable bonds is 2. The Bertz CT molecular complexity index is 192. The SMILES string of the molecule is CC(C)(C)/C=C/CC1(O)CCCCC1. The molecule has 0 aliphatic heterocycles. The van der Waals surface area contributed by atoms with Gasteiger partial charge in [0.2, 0.25) is 0 Å². The molecule has 82 valence electrons. The van der Waals surface area contributed by atoms with Gasteiger partial charge in [0, 0.05) is 0 Å². The molecule has 0 amide bonds. The van der Waals surface area contributed by atoms with Crippen LogP contribution in [0, 0.1) is 5.41 Å². The summed E-state index contributed by atoms with van der Waals surface area (Å²) in [6.07, 6.45) is 10.9. The lowest BCUT2D eigenvalue weighted by Gasteiger charge is -2.31. The van der Waals surface area contributed by atoms with E-state index in [1.165, 1.54) is 19.3 Å². The number of allylic oxidation sites excluding steroid dienone is 1. The fraction of sp³-hybridized carbons (Fsp3) is 0.846. The van der Waals surface area contributed by atoms with Crippen molar-refractivity contribution in [2.24, 2.45) is 5.41 Å². The largest absolute Gasteiger partial charge is 0.390 e. The van der Waals surface area contributed by atoms with Gasteiger partial charge in [-0.3, -0.25) is 0 Å². The summed E-state index contributed by atoms with van der Waals surface area (Å²) in [6.45, 7) is 6.57. The van der Waals surface area contributed by atoms with Gasteiger partial charge in [-0.1, -0.05) is 52.2 Å². The Kier molecular flexibility index (Phi) is 3.77. The van der Waals surface area contributed by atoms with Gasteiger partial charge in [-0.05, 0) is 24.7 Å². The van der Waals surface area contributed by atoms with E-state index in [4.69, 9.17) is 0 Å². The monoisotopic (exact) mass is 196 g/mol. The van der Waals surface area contributed by atoms with Crippen LogP contribution in [0.3, 0.4) is 0 Å². The molecule has 14 heavy (non-hydrogen) atoms. The smallest absolute Gasteiger partial charge is 0.0682 e. The molecule has 1 N–H and O–H groups in total. The minimum absolute atomic E-state index is 0.241. The number of hydrogen-bond donors (Lipinski definition) is 1. The highest BCUT2D eigenvalue weighted by atomic mass is 16.3. The standard InChI is InChI=1S/C13H24O/c1-12(2,3)8-7-11-13(14)9-5-4-6-10-13/h7-8,14H,4-6,9-11H2,1-3H3/b8-7+. The molecule has 0 spiro atoms. The molecule has 0 aromatic carbocycles. The van der Waals surface area contributed by atoms with E-state index in [1.807, 2.05) is 0 Å². The molecule has 1 aliphatic rings. The fourth-order valence-corrected chi connectivity index (χ4v) is 2.05. The summed E-state index contributed by atoms with van der Waals surface area (Å²) in [5.74, 6) is 0. The molecule has 0 radical (unpaired) electrons. The Balaban J connectivity index is 2.39. The molecule has 0 atom stereocenters. The minimum Gasteiger partial charge on any atom is -0.390 e. The fourth-order valence-electron chi connectivity index (χ4n) is 2.05. The molecule has 0 bridgehead atoms. The second kappa shape index (κ2) is 4.48. The maximum atomic E-state index is 10.2. The van der Waals surface area contributed by atoms with Crippen molar-refractivity contribution < 1.29 is 5.11 Å². The summed E-state index contributed by atoms with van der Waals surface area (Å²) >= 11 is 0. The molecule has 0 aromatic heterocycles. The van der Waals surface area contributed by atoms with Crippen LogP contribution in [-0.2, 0) is 0 Å². The van der Waals surface area contributed by atoms with Gasteiger partial charge in [-0.15, -0.1) is 0 Å². The van der Waals surface area contributed by atoms with Crippen LogP contribution in [0.15, 0.2) is 12.2 Å². The third-order valence-corrected chi connectivity index (χ3v) is 2.90. The van der Waals surface area contributed by atoms with Crippen molar-refractivity contribution in [1.29, 1.82) is 0 Å². The zero-order chi connectivity index (χ0) is 10.7. The first-order valence-corrected chi connectivity index (χ1v) is 5.81. The first-order chi connectivity index (χ1) is 6.41. The maximum absolute atomic E-state index is 10.2. The third-order valence-electron chi connectivity index (χ3n) is 2.90. The summed E-state index contributed by atoms with van der Waals surface area (Å²) in [4.78, 5) is 0. The van der Waals surface area contributed by atoms with Crippen LogP contribution in [-0.4, -0.2) is 10.7 Å².